The average Bonchev–Trinajstić information content (AvgIpc) is 2.36. The van der Waals surface area contributed by atoms with Crippen LogP contribution in [0.3, 0.4) is 0 Å². The van der Waals surface area contributed by atoms with Crippen LogP contribution >= 0.6 is 11.6 Å². The average molecular weight is 284 g/mol. The Morgan fingerprint density at radius 3 is 2.79 bits per heavy atom. The molecule has 0 aliphatic carbocycles. The first-order valence-corrected chi connectivity index (χ1v) is 6.25. The van der Waals surface area contributed by atoms with Crippen molar-refractivity contribution in [3.05, 3.63) is 34.9 Å². The fourth-order valence-corrected chi connectivity index (χ4v) is 1.99. The smallest absolute Gasteiger partial charge is 0.328 e. The van der Waals surface area contributed by atoms with Crippen LogP contribution in [0.15, 0.2) is 24.3 Å². The molecule has 19 heavy (non-hydrogen) atoms. The first kappa shape index (κ1) is 15.5. The zero-order valence-corrected chi connectivity index (χ0v) is 12.0. The van der Waals surface area contributed by atoms with Gasteiger partial charge in [0.2, 0.25) is 0 Å². The van der Waals surface area contributed by atoms with E-state index in [1.54, 1.807) is 13.2 Å². The maximum absolute atomic E-state index is 10.5. The quantitative estimate of drug-likeness (QED) is 0.816. The number of halogens is 1. The van der Waals surface area contributed by atoms with Crippen molar-refractivity contribution in [3.63, 3.8) is 0 Å². The number of likely N-dealkylation sites (N-methyl/N-ethyl adjacent to an activating group) is 1. The van der Waals surface area contributed by atoms with Crippen molar-refractivity contribution in [1.29, 1.82) is 0 Å². The van der Waals surface area contributed by atoms with Crippen molar-refractivity contribution >= 4 is 29.3 Å². The first-order valence-electron chi connectivity index (χ1n) is 5.88. The van der Waals surface area contributed by atoms with Crippen molar-refractivity contribution in [1.82, 2.24) is 0 Å². The van der Waals surface area contributed by atoms with Crippen LogP contribution in [0, 0.1) is 0 Å². The lowest BCUT2D eigenvalue weighted by molar-refractivity contribution is -0.131. The summed E-state index contributed by atoms with van der Waals surface area (Å²) in [5.41, 5.74) is 1.64. The van der Waals surface area contributed by atoms with Crippen molar-refractivity contribution in [2.45, 2.75) is 13.0 Å². The number of methoxy groups -OCH3 is 1. The summed E-state index contributed by atoms with van der Waals surface area (Å²) in [6, 6.07) is 5.64. The van der Waals surface area contributed by atoms with Gasteiger partial charge in [-0.1, -0.05) is 17.7 Å². The zero-order valence-electron chi connectivity index (χ0n) is 11.3. The Kier molecular flexibility index (Phi) is 5.86. The van der Waals surface area contributed by atoms with Crippen LogP contribution in [0.25, 0.3) is 6.08 Å². The minimum Gasteiger partial charge on any atom is -0.478 e. The van der Waals surface area contributed by atoms with Crippen LogP contribution in [0.2, 0.25) is 5.02 Å². The van der Waals surface area contributed by atoms with Gasteiger partial charge in [0.1, 0.15) is 0 Å². The molecule has 0 amide bonds. The van der Waals surface area contributed by atoms with Gasteiger partial charge < -0.3 is 14.7 Å². The third-order valence-corrected chi connectivity index (χ3v) is 3.14. The summed E-state index contributed by atoms with van der Waals surface area (Å²) in [6.45, 7) is 2.64. The molecule has 1 rings (SSSR count). The number of carboxylic acid groups (broad SMARTS) is 1. The Hall–Kier alpha value is -1.52. The minimum atomic E-state index is -0.981. The molecular weight excluding hydrogens is 266 g/mol. The van der Waals surface area contributed by atoms with E-state index in [0.29, 0.717) is 11.6 Å². The van der Waals surface area contributed by atoms with Gasteiger partial charge in [0.05, 0.1) is 17.3 Å². The maximum Gasteiger partial charge on any atom is 0.328 e. The lowest BCUT2D eigenvalue weighted by atomic mass is 10.1. The molecule has 1 unspecified atom stereocenters. The van der Waals surface area contributed by atoms with Crippen molar-refractivity contribution in [3.8, 4) is 0 Å². The molecule has 1 aromatic carbocycles. The second kappa shape index (κ2) is 7.16. The van der Waals surface area contributed by atoms with E-state index in [2.05, 4.69) is 0 Å². The summed E-state index contributed by atoms with van der Waals surface area (Å²) in [6.07, 6.45) is 2.60. The minimum absolute atomic E-state index is 0.197. The predicted octanol–water partition coefficient (Wildman–Crippen LogP) is 2.91. The molecule has 0 fully saturated rings. The number of aliphatic carboxylic acids is 1. The predicted molar refractivity (Wildman–Crippen MR) is 77.9 cm³/mol. The number of nitrogens with zero attached hydrogens (tertiary/aromatic N) is 1. The second-order valence-electron chi connectivity index (χ2n) is 4.30. The molecule has 1 aromatic rings. The van der Waals surface area contributed by atoms with Gasteiger partial charge in [-0.15, -0.1) is 0 Å². The summed E-state index contributed by atoms with van der Waals surface area (Å²) < 4.78 is 5.11. The van der Waals surface area contributed by atoms with E-state index in [1.165, 1.54) is 6.08 Å². The van der Waals surface area contributed by atoms with Crippen LogP contribution in [0.5, 0.6) is 0 Å². The van der Waals surface area contributed by atoms with Crippen LogP contribution < -0.4 is 4.90 Å². The first-order chi connectivity index (χ1) is 8.95. The Morgan fingerprint density at radius 2 is 2.26 bits per heavy atom. The molecular formula is C14H18ClNO3. The van der Waals surface area contributed by atoms with Crippen molar-refractivity contribution in [2.24, 2.45) is 0 Å². The fourth-order valence-electron chi connectivity index (χ4n) is 1.67. The third-order valence-electron chi connectivity index (χ3n) is 2.84. The van der Waals surface area contributed by atoms with Gasteiger partial charge in [0.25, 0.3) is 0 Å². The van der Waals surface area contributed by atoms with Gasteiger partial charge in [-0.05, 0) is 30.7 Å². The van der Waals surface area contributed by atoms with Gasteiger partial charge in [-0.25, -0.2) is 4.79 Å². The van der Waals surface area contributed by atoms with E-state index < -0.39 is 5.97 Å². The maximum atomic E-state index is 10.5. The van der Waals surface area contributed by atoms with E-state index in [1.807, 2.05) is 31.0 Å². The molecule has 1 atom stereocenters. The van der Waals surface area contributed by atoms with Crippen LogP contribution in [-0.2, 0) is 9.53 Å². The summed E-state index contributed by atoms with van der Waals surface area (Å²) in [4.78, 5) is 12.5. The number of hydrogen-bond donors (Lipinski definition) is 1. The highest BCUT2D eigenvalue weighted by atomic mass is 35.5. The standard InChI is InChI=1S/C14H18ClNO3/c1-10(9-19-3)16(2)13-6-4-11(8-12(13)15)5-7-14(17)18/h4-8,10H,9H2,1-3H3,(H,17,18)/b7-5+. The molecule has 0 saturated carbocycles. The highest BCUT2D eigenvalue weighted by molar-refractivity contribution is 6.33. The monoisotopic (exact) mass is 283 g/mol. The molecule has 0 bridgehead atoms. The highest BCUT2D eigenvalue weighted by Gasteiger charge is 2.12. The molecule has 0 aliphatic rings. The van der Waals surface area contributed by atoms with Crippen LogP contribution in [-0.4, -0.2) is 37.9 Å². The Labute approximate surface area is 118 Å². The van der Waals surface area contributed by atoms with E-state index >= 15 is 0 Å². The largest absolute Gasteiger partial charge is 0.478 e. The Bertz CT molecular complexity index is 474. The topological polar surface area (TPSA) is 49.8 Å². The molecule has 0 saturated heterocycles. The third kappa shape index (κ3) is 4.58. The number of hydrogen-bond acceptors (Lipinski definition) is 3. The molecule has 5 heteroatoms. The van der Waals surface area contributed by atoms with Gasteiger partial charge in [0, 0.05) is 26.3 Å². The Balaban J connectivity index is 2.91. The van der Waals surface area contributed by atoms with Crippen molar-refractivity contribution in [2.75, 3.05) is 25.7 Å². The molecule has 0 radical (unpaired) electrons. The van der Waals surface area contributed by atoms with Crippen molar-refractivity contribution < 1.29 is 14.6 Å². The molecule has 0 aliphatic heterocycles. The summed E-state index contributed by atoms with van der Waals surface area (Å²) in [5.74, 6) is -0.981. The molecule has 4 nitrogen and oxygen atoms in total. The molecule has 0 aromatic heterocycles. The lowest BCUT2D eigenvalue weighted by Crippen LogP contribution is -2.32. The number of ether oxygens (including phenoxy) is 1. The molecule has 0 spiro atoms. The van der Waals surface area contributed by atoms with Gasteiger partial charge in [-0.3, -0.25) is 0 Å². The lowest BCUT2D eigenvalue weighted by Gasteiger charge is -2.27. The molecule has 104 valence electrons. The van der Waals surface area contributed by atoms with Crippen LogP contribution in [0.1, 0.15) is 12.5 Å². The number of benzene rings is 1. The second-order valence-corrected chi connectivity index (χ2v) is 4.70. The van der Waals surface area contributed by atoms with Gasteiger partial charge in [0.15, 0.2) is 0 Å². The van der Waals surface area contributed by atoms with E-state index in [9.17, 15) is 4.79 Å². The summed E-state index contributed by atoms with van der Waals surface area (Å²) in [5, 5.41) is 9.16. The number of anilines is 1. The highest BCUT2D eigenvalue weighted by Crippen LogP contribution is 2.27. The van der Waals surface area contributed by atoms with E-state index in [4.69, 9.17) is 21.4 Å². The molecule has 0 heterocycles. The van der Waals surface area contributed by atoms with E-state index in [0.717, 1.165) is 17.3 Å². The SMILES string of the molecule is COCC(C)N(C)c1ccc(/C=C/C(=O)O)cc1Cl. The summed E-state index contributed by atoms with van der Waals surface area (Å²) >= 11 is 6.22. The fraction of sp³-hybridized carbons (Fsp3) is 0.357. The van der Waals surface area contributed by atoms with Crippen LogP contribution in [0.4, 0.5) is 5.69 Å². The number of carboxylic acids is 1. The van der Waals surface area contributed by atoms with E-state index in [-0.39, 0.29) is 6.04 Å². The van der Waals surface area contributed by atoms with Gasteiger partial charge in [-0.2, -0.15) is 0 Å². The summed E-state index contributed by atoms with van der Waals surface area (Å²) in [7, 11) is 3.60. The number of rotatable bonds is 6. The van der Waals surface area contributed by atoms with Gasteiger partial charge >= 0.3 is 5.97 Å². The molecule has 1 N–H and O–H groups in total. The normalized spacial score (nSPS) is 12.6. The number of carbonyl (C=O) groups is 1. The zero-order chi connectivity index (χ0) is 14.4. The Morgan fingerprint density at radius 1 is 1.58 bits per heavy atom.